The van der Waals surface area contributed by atoms with Crippen LogP contribution in [0.4, 0.5) is 5.69 Å². The van der Waals surface area contributed by atoms with Gasteiger partial charge in [-0.15, -0.1) is 11.3 Å². The second-order valence-electron chi connectivity index (χ2n) is 8.17. The van der Waals surface area contributed by atoms with Gasteiger partial charge in [0.15, 0.2) is 0 Å². The van der Waals surface area contributed by atoms with Crippen molar-refractivity contribution in [2.45, 2.75) is 37.3 Å². The van der Waals surface area contributed by atoms with E-state index in [0.717, 1.165) is 30.8 Å². The van der Waals surface area contributed by atoms with Crippen LogP contribution >= 0.6 is 11.3 Å². The average Bonchev–Trinajstić information content (AvgIpc) is 3.42. The third kappa shape index (κ3) is 4.40. The molecule has 0 bridgehead atoms. The van der Waals surface area contributed by atoms with Crippen molar-refractivity contribution in [3.05, 3.63) is 46.3 Å². The smallest absolute Gasteiger partial charge is 0.252 e. The van der Waals surface area contributed by atoms with Crippen LogP contribution in [0, 0.1) is 13.8 Å². The summed E-state index contributed by atoms with van der Waals surface area (Å²) in [6.07, 6.45) is 2.41. The zero-order valence-electron chi connectivity index (χ0n) is 17.6. The second kappa shape index (κ2) is 8.69. The summed E-state index contributed by atoms with van der Waals surface area (Å²) in [5, 5.41) is 0. The van der Waals surface area contributed by atoms with Gasteiger partial charge in [-0.2, -0.15) is 4.31 Å². The number of nitrogens with zero attached hydrogens (tertiary/aromatic N) is 3. The number of likely N-dealkylation sites (tertiary alicyclic amines) is 1. The van der Waals surface area contributed by atoms with Crippen LogP contribution in [-0.4, -0.2) is 62.8 Å². The standard InChI is InChI=1S/C22H29N3O3S2/c1-17-5-6-18(2)20(15-17)23-11-13-25(14-12-23)30(27,28)22-8-7-19(29-22)16-21(26)24-9-3-4-10-24/h5-8,15H,3-4,9-14,16H2,1-2H3. The number of sulfonamides is 1. The van der Waals surface area contributed by atoms with Crippen LogP contribution in [-0.2, 0) is 21.2 Å². The van der Waals surface area contributed by atoms with Gasteiger partial charge >= 0.3 is 0 Å². The Kier molecular flexibility index (Phi) is 6.18. The van der Waals surface area contributed by atoms with Crippen molar-refractivity contribution < 1.29 is 13.2 Å². The topological polar surface area (TPSA) is 60.9 Å². The van der Waals surface area contributed by atoms with Gasteiger partial charge in [-0.05, 0) is 56.0 Å². The molecule has 0 radical (unpaired) electrons. The van der Waals surface area contributed by atoms with E-state index in [1.165, 1.54) is 28.2 Å². The number of amides is 1. The molecule has 2 aromatic rings. The number of hydrogen-bond acceptors (Lipinski definition) is 5. The van der Waals surface area contributed by atoms with Crippen LogP contribution in [0.1, 0.15) is 28.8 Å². The molecule has 2 fully saturated rings. The fourth-order valence-electron chi connectivity index (χ4n) is 4.18. The molecule has 8 heteroatoms. The van der Waals surface area contributed by atoms with Crippen LogP contribution < -0.4 is 4.90 Å². The number of rotatable bonds is 5. The van der Waals surface area contributed by atoms with Gasteiger partial charge in [-0.3, -0.25) is 4.79 Å². The van der Waals surface area contributed by atoms with E-state index >= 15 is 0 Å². The van der Waals surface area contributed by atoms with E-state index in [0.29, 0.717) is 36.8 Å². The highest BCUT2D eigenvalue weighted by molar-refractivity contribution is 7.91. The van der Waals surface area contributed by atoms with Crippen molar-refractivity contribution in [1.82, 2.24) is 9.21 Å². The van der Waals surface area contributed by atoms with Crippen molar-refractivity contribution >= 4 is 33.0 Å². The van der Waals surface area contributed by atoms with Crippen LogP contribution in [0.5, 0.6) is 0 Å². The Hall–Kier alpha value is -1.90. The molecular weight excluding hydrogens is 418 g/mol. The lowest BCUT2D eigenvalue weighted by atomic mass is 10.1. The molecule has 2 aliphatic rings. The minimum atomic E-state index is -3.52. The molecule has 1 amide bonds. The first-order valence-corrected chi connectivity index (χ1v) is 12.8. The first-order chi connectivity index (χ1) is 14.3. The summed E-state index contributed by atoms with van der Waals surface area (Å²) in [5.74, 6) is 0.0976. The van der Waals surface area contributed by atoms with Crippen molar-refractivity contribution in [2.75, 3.05) is 44.2 Å². The highest BCUT2D eigenvalue weighted by Gasteiger charge is 2.30. The van der Waals surface area contributed by atoms with Crippen molar-refractivity contribution in [3.8, 4) is 0 Å². The zero-order valence-corrected chi connectivity index (χ0v) is 19.3. The Morgan fingerprint density at radius 2 is 1.67 bits per heavy atom. The lowest BCUT2D eigenvalue weighted by Gasteiger charge is -2.36. The number of carbonyl (C=O) groups is 1. The molecule has 162 valence electrons. The number of benzene rings is 1. The van der Waals surface area contributed by atoms with Crippen LogP contribution in [0.2, 0.25) is 0 Å². The van der Waals surface area contributed by atoms with Crippen LogP contribution in [0.3, 0.4) is 0 Å². The van der Waals surface area contributed by atoms with E-state index in [1.54, 1.807) is 16.4 Å². The molecule has 0 atom stereocenters. The van der Waals surface area contributed by atoms with Gasteiger partial charge < -0.3 is 9.80 Å². The summed E-state index contributed by atoms with van der Waals surface area (Å²) < 4.78 is 28.2. The second-order valence-corrected chi connectivity index (χ2v) is 11.5. The van der Waals surface area contributed by atoms with E-state index in [9.17, 15) is 13.2 Å². The average molecular weight is 448 g/mol. The summed E-state index contributed by atoms with van der Waals surface area (Å²) in [4.78, 5) is 17.3. The van der Waals surface area contributed by atoms with E-state index in [4.69, 9.17) is 0 Å². The fourth-order valence-corrected chi connectivity index (χ4v) is 7.10. The Morgan fingerprint density at radius 1 is 0.967 bits per heavy atom. The van der Waals surface area contributed by atoms with E-state index in [2.05, 4.69) is 36.9 Å². The molecule has 0 N–H and O–H groups in total. The Balaban J connectivity index is 1.40. The molecule has 0 unspecified atom stereocenters. The molecule has 0 saturated carbocycles. The number of hydrogen-bond donors (Lipinski definition) is 0. The fraction of sp³-hybridized carbons (Fsp3) is 0.500. The lowest BCUT2D eigenvalue weighted by molar-refractivity contribution is -0.129. The maximum atomic E-state index is 13.1. The normalized spacial score (nSPS) is 18.2. The highest BCUT2D eigenvalue weighted by Crippen LogP contribution is 2.28. The lowest BCUT2D eigenvalue weighted by Crippen LogP contribution is -2.48. The molecule has 1 aromatic heterocycles. The quantitative estimate of drug-likeness (QED) is 0.707. The summed E-state index contributed by atoms with van der Waals surface area (Å²) >= 11 is 1.23. The van der Waals surface area contributed by atoms with Crippen molar-refractivity contribution in [1.29, 1.82) is 0 Å². The number of piperazine rings is 1. The molecular formula is C22H29N3O3S2. The number of carbonyl (C=O) groups excluding carboxylic acids is 1. The van der Waals surface area contributed by atoms with Gasteiger partial charge in [0.25, 0.3) is 10.0 Å². The molecule has 0 aliphatic carbocycles. The third-order valence-electron chi connectivity index (χ3n) is 5.96. The summed E-state index contributed by atoms with van der Waals surface area (Å²) in [6.45, 7) is 8.09. The van der Waals surface area contributed by atoms with Gasteiger partial charge in [0, 0.05) is 49.8 Å². The first kappa shape index (κ1) is 21.3. The SMILES string of the molecule is Cc1ccc(C)c(N2CCN(S(=O)(=O)c3ccc(CC(=O)N4CCCC4)s3)CC2)c1. The molecule has 3 heterocycles. The summed E-state index contributed by atoms with van der Waals surface area (Å²) in [7, 11) is -3.52. The predicted molar refractivity (Wildman–Crippen MR) is 121 cm³/mol. The van der Waals surface area contributed by atoms with E-state index in [1.807, 2.05) is 4.90 Å². The third-order valence-corrected chi connectivity index (χ3v) is 9.41. The number of thiophene rings is 1. The maximum absolute atomic E-state index is 13.1. The van der Waals surface area contributed by atoms with E-state index < -0.39 is 10.0 Å². The minimum Gasteiger partial charge on any atom is -0.369 e. The molecule has 4 rings (SSSR count). The van der Waals surface area contributed by atoms with Crippen LogP contribution in [0.25, 0.3) is 0 Å². The van der Waals surface area contributed by atoms with Gasteiger partial charge in [-0.1, -0.05) is 12.1 Å². The molecule has 2 saturated heterocycles. The van der Waals surface area contributed by atoms with Gasteiger partial charge in [0.1, 0.15) is 4.21 Å². The zero-order chi connectivity index (χ0) is 21.3. The Labute approximate surface area is 183 Å². The van der Waals surface area contributed by atoms with Crippen LogP contribution in [0.15, 0.2) is 34.5 Å². The molecule has 6 nitrogen and oxygen atoms in total. The van der Waals surface area contributed by atoms with Crippen molar-refractivity contribution in [3.63, 3.8) is 0 Å². The highest BCUT2D eigenvalue weighted by atomic mass is 32.2. The largest absolute Gasteiger partial charge is 0.369 e. The monoisotopic (exact) mass is 447 g/mol. The molecule has 2 aliphatic heterocycles. The maximum Gasteiger partial charge on any atom is 0.252 e. The Bertz CT molecular complexity index is 1020. The molecule has 30 heavy (non-hydrogen) atoms. The summed E-state index contributed by atoms with van der Waals surface area (Å²) in [5.41, 5.74) is 3.61. The number of anilines is 1. The van der Waals surface area contributed by atoms with Gasteiger partial charge in [0.2, 0.25) is 5.91 Å². The Morgan fingerprint density at radius 3 is 2.37 bits per heavy atom. The number of aryl methyl sites for hydroxylation is 2. The van der Waals surface area contributed by atoms with Crippen molar-refractivity contribution in [2.24, 2.45) is 0 Å². The molecule has 0 spiro atoms. The van der Waals surface area contributed by atoms with Gasteiger partial charge in [0.05, 0.1) is 6.42 Å². The minimum absolute atomic E-state index is 0.0976. The predicted octanol–water partition coefficient (Wildman–Crippen LogP) is 3.04. The first-order valence-electron chi connectivity index (χ1n) is 10.5. The molecule has 1 aromatic carbocycles. The van der Waals surface area contributed by atoms with E-state index in [-0.39, 0.29) is 5.91 Å². The van der Waals surface area contributed by atoms with Gasteiger partial charge in [-0.25, -0.2) is 8.42 Å². The summed E-state index contributed by atoms with van der Waals surface area (Å²) in [6, 6.07) is 9.83.